The van der Waals surface area contributed by atoms with E-state index in [9.17, 15) is 22.8 Å². The molecule has 0 aliphatic carbocycles. The summed E-state index contributed by atoms with van der Waals surface area (Å²) in [5.41, 5.74) is 2.74. The Labute approximate surface area is 144 Å². The van der Waals surface area contributed by atoms with Gasteiger partial charge in [-0.1, -0.05) is 11.8 Å². The van der Waals surface area contributed by atoms with Gasteiger partial charge in [0.05, 0.1) is 5.56 Å². The molecular weight excluding hydrogens is 348 g/mol. The summed E-state index contributed by atoms with van der Waals surface area (Å²) < 4.78 is 22.5. The van der Waals surface area contributed by atoms with E-state index in [1.165, 1.54) is 12.4 Å². The maximum absolute atomic E-state index is 11.7. The van der Waals surface area contributed by atoms with Crippen molar-refractivity contribution < 1.29 is 22.8 Å². The zero-order valence-electron chi connectivity index (χ0n) is 13.5. The van der Waals surface area contributed by atoms with Crippen LogP contribution >= 0.6 is 0 Å². The van der Waals surface area contributed by atoms with Gasteiger partial charge in [0, 0.05) is 44.3 Å². The highest BCUT2D eigenvalue weighted by atomic mass is 32.2. The van der Waals surface area contributed by atoms with Gasteiger partial charge in [-0.25, -0.2) is 18.4 Å². The first-order valence-corrected chi connectivity index (χ1v) is 9.33. The third-order valence-corrected chi connectivity index (χ3v) is 4.06. The summed E-state index contributed by atoms with van der Waals surface area (Å²) >= 11 is 0. The number of amides is 3. The Morgan fingerprint density at radius 3 is 2.40 bits per heavy atom. The molecular formula is C15H16N4O5S. The first-order chi connectivity index (χ1) is 11.8. The lowest BCUT2D eigenvalue weighted by atomic mass is 10.2. The number of nitrogens with one attached hydrogen (secondary N) is 1. The summed E-state index contributed by atoms with van der Waals surface area (Å²) in [7, 11) is -3.44. The summed E-state index contributed by atoms with van der Waals surface area (Å²) in [4.78, 5) is 41.8. The molecule has 1 aromatic rings. The van der Waals surface area contributed by atoms with Crippen LogP contribution in [0, 0.1) is 11.8 Å². The molecule has 0 spiro atoms. The number of imide groups is 1. The Hall–Kier alpha value is -2.80. The van der Waals surface area contributed by atoms with Crippen molar-refractivity contribution in [3.63, 3.8) is 0 Å². The first-order valence-electron chi connectivity index (χ1n) is 7.43. The number of nitrogens with zero attached hydrogens (tertiary/aromatic N) is 3. The number of hydrazine groups is 1. The van der Waals surface area contributed by atoms with Gasteiger partial charge in [-0.15, -0.1) is 0 Å². The van der Waals surface area contributed by atoms with Crippen LogP contribution in [0.4, 0.5) is 0 Å². The molecule has 9 nitrogen and oxygen atoms in total. The van der Waals surface area contributed by atoms with E-state index in [1.54, 1.807) is 0 Å². The SMILES string of the molecule is CS(=O)(=O)c1ncc(C#CCCCC(=O)NN2C(=O)CCC2=O)cn1. The highest BCUT2D eigenvalue weighted by molar-refractivity contribution is 7.90. The molecule has 3 amide bonds. The summed E-state index contributed by atoms with van der Waals surface area (Å²) in [6, 6.07) is 0. The van der Waals surface area contributed by atoms with E-state index in [2.05, 4.69) is 27.2 Å². The van der Waals surface area contributed by atoms with Crippen LogP contribution in [0.15, 0.2) is 17.6 Å². The number of unbranched alkanes of at least 4 members (excludes halogenated alkanes) is 1. The highest BCUT2D eigenvalue weighted by Gasteiger charge is 2.30. The zero-order valence-corrected chi connectivity index (χ0v) is 14.3. The van der Waals surface area contributed by atoms with Crippen molar-refractivity contribution in [2.45, 2.75) is 37.3 Å². The smallest absolute Gasteiger partial charge is 0.248 e. The maximum Gasteiger partial charge on any atom is 0.248 e. The van der Waals surface area contributed by atoms with Crippen molar-refractivity contribution in [2.24, 2.45) is 0 Å². The van der Waals surface area contributed by atoms with Gasteiger partial charge in [0.1, 0.15) is 0 Å². The second-order valence-electron chi connectivity index (χ2n) is 5.34. The largest absolute Gasteiger partial charge is 0.273 e. The molecule has 0 unspecified atom stereocenters. The topological polar surface area (TPSA) is 126 Å². The van der Waals surface area contributed by atoms with Crippen molar-refractivity contribution in [3.05, 3.63) is 18.0 Å². The highest BCUT2D eigenvalue weighted by Crippen LogP contribution is 2.09. The number of aromatic nitrogens is 2. The van der Waals surface area contributed by atoms with Gasteiger partial charge in [-0.2, -0.15) is 5.01 Å². The molecule has 2 rings (SSSR count). The number of carbonyl (C=O) groups excluding carboxylic acids is 3. The minimum absolute atomic E-state index is 0.116. The van der Waals surface area contributed by atoms with Crippen molar-refractivity contribution in [1.82, 2.24) is 20.4 Å². The molecule has 1 aliphatic rings. The molecule has 0 radical (unpaired) electrons. The minimum atomic E-state index is -3.44. The maximum atomic E-state index is 11.7. The quantitative estimate of drug-likeness (QED) is 0.325. The Bertz CT molecular complexity index is 836. The van der Waals surface area contributed by atoms with Gasteiger partial charge in [-0.05, 0) is 6.42 Å². The summed E-state index contributed by atoms with van der Waals surface area (Å²) in [6.07, 6.45) is 4.84. The molecule has 1 aromatic heterocycles. The monoisotopic (exact) mass is 364 g/mol. The predicted octanol–water partition coefficient (Wildman–Crippen LogP) is -0.418. The van der Waals surface area contributed by atoms with Crippen molar-refractivity contribution in [1.29, 1.82) is 0 Å². The molecule has 2 heterocycles. The molecule has 0 aromatic carbocycles. The van der Waals surface area contributed by atoms with Gasteiger partial charge in [0.25, 0.3) is 0 Å². The molecule has 10 heteroatoms. The minimum Gasteiger partial charge on any atom is -0.273 e. The van der Waals surface area contributed by atoms with Crippen LogP contribution in [0.2, 0.25) is 0 Å². The molecule has 25 heavy (non-hydrogen) atoms. The van der Waals surface area contributed by atoms with E-state index >= 15 is 0 Å². The van der Waals surface area contributed by atoms with Crippen molar-refractivity contribution in [3.8, 4) is 11.8 Å². The summed E-state index contributed by atoms with van der Waals surface area (Å²) in [5, 5.41) is 0.495. The van der Waals surface area contributed by atoms with Crippen LogP contribution in [-0.4, -0.2) is 47.4 Å². The van der Waals surface area contributed by atoms with E-state index < -0.39 is 27.6 Å². The average molecular weight is 364 g/mol. The fraction of sp³-hybridized carbons (Fsp3) is 0.400. The Balaban J connectivity index is 1.76. The standard InChI is InChI=1S/C15H16N4O5S/c1-25(23,24)15-16-9-11(10-17-15)5-3-2-4-6-12(20)18-19-13(21)7-8-14(19)22/h9-10H,2,4,6-8H2,1H3,(H,18,20). The normalized spacial score (nSPS) is 14.2. The average Bonchev–Trinajstić information content (AvgIpc) is 2.86. The van der Waals surface area contributed by atoms with E-state index in [4.69, 9.17) is 0 Å². The molecule has 0 atom stereocenters. The number of hydrogen-bond acceptors (Lipinski definition) is 7. The Morgan fingerprint density at radius 2 is 1.84 bits per heavy atom. The number of carbonyl (C=O) groups is 3. The number of hydrogen-bond donors (Lipinski definition) is 1. The molecule has 1 aliphatic heterocycles. The number of rotatable bonds is 5. The van der Waals surface area contributed by atoms with E-state index in [0.717, 1.165) is 11.3 Å². The van der Waals surface area contributed by atoms with Crippen LogP contribution in [-0.2, 0) is 24.2 Å². The third-order valence-electron chi connectivity index (χ3n) is 3.19. The molecule has 1 saturated heterocycles. The van der Waals surface area contributed by atoms with Gasteiger partial charge in [-0.3, -0.25) is 19.8 Å². The summed E-state index contributed by atoms with van der Waals surface area (Å²) in [6.45, 7) is 0. The summed E-state index contributed by atoms with van der Waals surface area (Å²) in [5.74, 6) is 4.35. The zero-order chi connectivity index (χ0) is 18.4. The Morgan fingerprint density at radius 1 is 1.24 bits per heavy atom. The second kappa shape index (κ2) is 7.85. The van der Waals surface area contributed by atoms with E-state index in [0.29, 0.717) is 18.4 Å². The van der Waals surface area contributed by atoms with E-state index in [1.807, 2.05) is 0 Å². The van der Waals surface area contributed by atoms with Crippen LogP contribution in [0.3, 0.4) is 0 Å². The fourth-order valence-electron chi connectivity index (χ4n) is 1.96. The van der Waals surface area contributed by atoms with Crippen LogP contribution in [0.25, 0.3) is 0 Å². The molecule has 1 N–H and O–H groups in total. The van der Waals surface area contributed by atoms with Gasteiger partial charge in [0.15, 0.2) is 0 Å². The van der Waals surface area contributed by atoms with E-state index in [-0.39, 0.29) is 24.4 Å². The van der Waals surface area contributed by atoms with Gasteiger partial charge < -0.3 is 0 Å². The lowest BCUT2D eigenvalue weighted by Gasteiger charge is -2.14. The Kier molecular flexibility index (Phi) is 5.82. The lowest BCUT2D eigenvalue weighted by Crippen LogP contribution is -2.45. The molecule has 132 valence electrons. The predicted molar refractivity (Wildman–Crippen MR) is 85.1 cm³/mol. The van der Waals surface area contributed by atoms with Gasteiger partial charge in [0.2, 0.25) is 32.7 Å². The van der Waals surface area contributed by atoms with Crippen LogP contribution in [0.1, 0.15) is 37.7 Å². The number of sulfone groups is 1. The third kappa shape index (κ3) is 5.36. The van der Waals surface area contributed by atoms with Gasteiger partial charge >= 0.3 is 0 Å². The first kappa shape index (κ1) is 18.5. The van der Waals surface area contributed by atoms with Crippen LogP contribution in [0.5, 0.6) is 0 Å². The lowest BCUT2D eigenvalue weighted by molar-refractivity contribution is -0.147. The fourth-order valence-corrected chi connectivity index (χ4v) is 2.44. The van der Waals surface area contributed by atoms with Crippen molar-refractivity contribution in [2.75, 3.05) is 6.26 Å². The van der Waals surface area contributed by atoms with Crippen LogP contribution < -0.4 is 5.43 Å². The van der Waals surface area contributed by atoms with Crippen molar-refractivity contribution >= 4 is 27.6 Å². The molecule has 1 fully saturated rings. The molecule has 0 bridgehead atoms. The second-order valence-corrected chi connectivity index (χ2v) is 7.25. The molecule has 0 saturated carbocycles.